The molecule has 3 unspecified atom stereocenters. The Morgan fingerprint density at radius 1 is 1.24 bits per heavy atom. The first kappa shape index (κ1) is 16.2. The number of unbranched alkanes of at least 4 members (excludes halogenated alkanes) is 3. The van der Waals surface area contributed by atoms with Gasteiger partial charge < -0.3 is 4.79 Å². The number of hydrogen-bond donors (Lipinski definition) is 0. The molecule has 1 aromatic heterocycles. The average Bonchev–Trinajstić information content (AvgIpc) is 2.51. The molecule has 1 aliphatic rings. The normalized spacial score (nSPS) is 24.6. The number of aromatic nitrogens is 1. The Kier molecular flexibility index (Phi) is 5.96. The highest BCUT2D eigenvalue weighted by Crippen LogP contribution is 2.42. The van der Waals surface area contributed by atoms with Crippen LogP contribution in [0.15, 0.2) is 12.1 Å². The van der Waals surface area contributed by atoms with Gasteiger partial charge in [0.05, 0.1) is 0 Å². The largest absolute Gasteiger partial charge is 0.303 e. The van der Waals surface area contributed by atoms with Crippen LogP contribution in [0.1, 0.15) is 88.1 Å². The molecule has 1 aromatic rings. The molecule has 1 heterocycles. The third kappa shape index (κ3) is 3.72. The van der Waals surface area contributed by atoms with Crippen molar-refractivity contribution in [2.45, 2.75) is 77.6 Å². The second-order valence-corrected chi connectivity index (χ2v) is 6.57. The van der Waals surface area contributed by atoms with Crippen molar-refractivity contribution in [2.75, 3.05) is 0 Å². The van der Waals surface area contributed by atoms with Gasteiger partial charge in [0.1, 0.15) is 6.29 Å². The number of carbonyl (C=O) groups excluding carboxylic acids is 1. The van der Waals surface area contributed by atoms with Crippen LogP contribution >= 0.6 is 0 Å². The Bertz CT molecular complexity index is 469. The molecule has 0 saturated carbocycles. The molecule has 0 saturated heterocycles. The van der Waals surface area contributed by atoms with Gasteiger partial charge >= 0.3 is 0 Å². The van der Waals surface area contributed by atoms with E-state index in [1.807, 2.05) is 0 Å². The molecule has 2 heteroatoms. The van der Waals surface area contributed by atoms with Crippen LogP contribution < -0.4 is 0 Å². The number of aryl methyl sites for hydroxylation is 1. The maximum Gasteiger partial charge on any atom is 0.127 e. The van der Waals surface area contributed by atoms with Crippen molar-refractivity contribution in [3.8, 4) is 0 Å². The standard InChI is InChI=1S/C19H29NO/c1-4-6-7-8-9-16-10-11-17-18(13-21)14(3)12-15(5-2)19(17)20-16/h10-11,13-15,18H,4-9,12H2,1-3H3. The van der Waals surface area contributed by atoms with Gasteiger partial charge in [-0.3, -0.25) is 4.98 Å². The van der Waals surface area contributed by atoms with Crippen molar-refractivity contribution in [1.82, 2.24) is 4.98 Å². The van der Waals surface area contributed by atoms with Gasteiger partial charge in [-0.25, -0.2) is 0 Å². The van der Waals surface area contributed by atoms with Gasteiger partial charge in [0.15, 0.2) is 0 Å². The minimum absolute atomic E-state index is 0.0458. The zero-order valence-electron chi connectivity index (χ0n) is 13.8. The van der Waals surface area contributed by atoms with Gasteiger partial charge in [-0.1, -0.05) is 46.1 Å². The molecule has 2 nitrogen and oxygen atoms in total. The van der Waals surface area contributed by atoms with Crippen LogP contribution in [0.25, 0.3) is 0 Å². The van der Waals surface area contributed by atoms with Crippen molar-refractivity contribution >= 4 is 6.29 Å². The maximum absolute atomic E-state index is 11.4. The Morgan fingerprint density at radius 3 is 2.71 bits per heavy atom. The van der Waals surface area contributed by atoms with E-state index in [-0.39, 0.29) is 5.92 Å². The number of pyridine rings is 1. The van der Waals surface area contributed by atoms with E-state index < -0.39 is 0 Å². The Balaban J connectivity index is 2.18. The third-order valence-electron chi connectivity index (χ3n) is 4.96. The van der Waals surface area contributed by atoms with Crippen molar-refractivity contribution in [3.63, 3.8) is 0 Å². The van der Waals surface area contributed by atoms with Crippen LogP contribution in [-0.4, -0.2) is 11.3 Å². The molecule has 0 aliphatic heterocycles. The first-order chi connectivity index (χ1) is 10.2. The van der Waals surface area contributed by atoms with Gasteiger partial charge in [-0.15, -0.1) is 0 Å². The zero-order valence-corrected chi connectivity index (χ0v) is 13.8. The van der Waals surface area contributed by atoms with E-state index in [4.69, 9.17) is 4.98 Å². The van der Waals surface area contributed by atoms with Gasteiger partial charge in [0, 0.05) is 23.2 Å². The zero-order chi connectivity index (χ0) is 15.2. The molecular weight excluding hydrogens is 258 g/mol. The fraction of sp³-hybridized carbons (Fsp3) is 0.684. The fourth-order valence-corrected chi connectivity index (χ4v) is 3.59. The van der Waals surface area contributed by atoms with E-state index in [1.54, 1.807) is 0 Å². The molecule has 0 amide bonds. The number of nitrogens with zero attached hydrogens (tertiary/aromatic N) is 1. The quantitative estimate of drug-likeness (QED) is 0.520. The number of fused-ring (bicyclic) bond motifs is 1. The highest BCUT2D eigenvalue weighted by Gasteiger charge is 2.32. The minimum atomic E-state index is 0.0458. The smallest absolute Gasteiger partial charge is 0.127 e. The first-order valence-electron chi connectivity index (χ1n) is 8.66. The second kappa shape index (κ2) is 7.72. The maximum atomic E-state index is 11.4. The molecule has 0 fully saturated rings. The number of rotatable bonds is 7. The summed E-state index contributed by atoms with van der Waals surface area (Å²) < 4.78 is 0. The fourth-order valence-electron chi connectivity index (χ4n) is 3.59. The van der Waals surface area contributed by atoms with Crippen LogP contribution in [0.5, 0.6) is 0 Å². The first-order valence-corrected chi connectivity index (χ1v) is 8.66. The molecule has 2 rings (SSSR count). The summed E-state index contributed by atoms with van der Waals surface area (Å²) in [4.78, 5) is 16.4. The van der Waals surface area contributed by atoms with Gasteiger partial charge in [-0.2, -0.15) is 0 Å². The van der Waals surface area contributed by atoms with Crippen LogP contribution in [0.3, 0.4) is 0 Å². The molecule has 1 aliphatic carbocycles. The van der Waals surface area contributed by atoms with E-state index in [9.17, 15) is 4.79 Å². The van der Waals surface area contributed by atoms with Crippen LogP contribution in [0.2, 0.25) is 0 Å². The summed E-state index contributed by atoms with van der Waals surface area (Å²) in [6.45, 7) is 6.67. The highest BCUT2D eigenvalue weighted by atomic mass is 16.1. The monoisotopic (exact) mass is 287 g/mol. The number of aldehydes is 1. The lowest BCUT2D eigenvalue weighted by atomic mass is 9.73. The topological polar surface area (TPSA) is 30.0 Å². The molecule has 0 aromatic carbocycles. The molecule has 3 atom stereocenters. The molecule has 21 heavy (non-hydrogen) atoms. The summed E-state index contributed by atoms with van der Waals surface area (Å²) in [6.07, 6.45) is 9.52. The Labute approximate surface area is 129 Å². The van der Waals surface area contributed by atoms with Gasteiger partial charge in [0.2, 0.25) is 0 Å². The van der Waals surface area contributed by atoms with E-state index in [2.05, 4.69) is 32.9 Å². The molecular formula is C19H29NO. The van der Waals surface area contributed by atoms with Crippen molar-refractivity contribution in [3.05, 3.63) is 29.1 Å². The van der Waals surface area contributed by atoms with Gasteiger partial charge in [0.25, 0.3) is 0 Å². The van der Waals surface area contributed by atoms with E-state index >= 15 is 0 Å². The van der Waals surface area contributed by atoms with Crippen molar-refractivity contribution in [2.24, 2.45) is 5.92 Å². The van der Waals surface area contributed by atoms with E-state index in [0.29, 0.717) is 11.8 Å². The highest BCUT2D eigenvalue weighted by molar-refractivity contribution is 5.64. The summed E-state index contributed by atoms with van der Waals surface area (Å²) in [7, 11) is 0. The predicted molar refractivity (Wildman–Crippen MR) is 87.7 cm³/mol. The summed E-state index contributed by atoms with van der Waals surface area (Å²) in [6, 6.07) is 4.32. The Morgan fingerprint density at radius 2 is 2.05 bits per heavy atom. The van der Waals surface area contributed by atoms with Crippen LogP contribution in [0.4, 0.5) is 0 Å². The average molecular weight is 287 g/mol. The third-order valence-corrected chi connectivity index (χ3v) is 4.96. The van der Waals surface area contributed by atoms with Crippen molar-refractivity contribution in [1.29, 1.82) is 0 Å². The van der Waals surface area contributed by atoms with Crippen LogP contribution in [0, 0.1) is 5.92 Å². The molecule has 0 bridgehead atoms. The number of carbonyl (C=O) groups is 1. The summed E-state index contributed by atoms with van der Waals surface area (Å²) >= 11 is 0. The van der Waals surface area contributed by atoms with E-state index in [1.165, 1.54) is 42.6 Å². The SMILES string of the molecule is CCCCCCc1ccc2c(n1)C(CC)CC(C)C2C=O. The lowest BCUT2D eigenvalue weighted by Crippen LogP contribution is -2.24. The van der Waals surface area contributed by atoms with Crippen molar-refractivity contribution < 1.29 is 4.79 Å². The molecule has 116 valence electrons. The summed E-state index contributed by atoms with van der Waals surface area (Å²) in [5, 5.41) is 0. The van der Waals surface area contributed by atoms with Crippen LogP contribution in [-0.2, 0) is 11.2 Å². The molecule has 0 spiro atoms. The summed E-state index contributed by atoms with van der Waals surface area (Å²) in [5.74, 6) is 1.02. The van der Waals surface area contributed by atoms with Gasteiger partial charge in [-0.05, 0) is 43.2 Å². The lowest BCUT2D eigenvalue weighted by Gasteiger charge is -2.32. The lowest BCUT2D eigenvalue weighted by molar-refractivity contribution is -0.110. The second-order valence-electron chi connectivity index (χ2n) is 6.57. The number of hydrogen-bond acceptors (Lipinski definition) is 2. The molecule has 0 radical (unpaired) electrons. The summed E-state index contributed by atoms with van der Waals surface area (Å²) in [5.41, 5.74) is 3.61. The minimum Gasteiger partial charge on any atom is -0.303 e. The van der Waals surface area contributed by atoms with E-state index in [0.717, 1.165) is 25.5 Å². The molecule has 0 N–H and O–H groups in total. The predicted octanol–water partition coefficient (Wildman–Crippen LogP) is 5.02. The Hall–Kier alpha value is -1.18.